The van der Waals surface area contributed by atoms with E-state index in [2.05, 4.69) is 5.10 Å². The van der Waals surface area contributed by atoms with Gasteiger partial charge in [-0.25, -0.2) is 4.39 Å². The molecule has 0 aliphatic rings. The third-order valence-corrected chi connectivity index (χ3v) is 3.29. The van der Waals surface area contributed by atoms with Crippen molar-refractivity contribution < 1.29 is 9.18 Å². The number of hydrogen-bond acceptors (Lipinski definition) is 3. The lowest BCUT2D eigenvalue weighted by molar-refractivity contribution is -0.132. The topological polar surface area (TPSA) is 64.2 Å². The van der Waals surface area contributed by atoms with Gasteiger partial charge in [0.15, 0.2) is 0 Å². The summed E-state index contributed by atoms with van der Waals surface area (Å²) < 4.78 is 14.4. The Hall–Kier alpha value is -2.37. The van der Waals surface area contributed by atoms with Crippen molar-refractivity contribution in [3.05, 3.63) is 47.9 Å². The third kappa shape index (κ3) is 3.14. The summed E-state index contributed by atoms with van der Waals surface area (Å²) in [7, 11) is 1.71. The summed E-state index contributed by atoms with van der Waals surface area (Å²) in [5.74, 6) is -0.00101. The highest BCUT2D eigenvalue weighted by Gasteiger charge is 2.18. The number of amides is 1. The van der Waals surface area contributed by atoms with E-state index in [9.17, 15) is 9.18 Å². The Kier molecular flexibility index (Phi) is 4.02. The lowest BCUT2D eigenvalue weighted by Gasteiger charge is -2.25. The quantitative estimate of drug-likeness (QED) is 0.926. The van der Waals surface area contributed by atoms with E-state index in [0.29, 0.717) is 5.82 Å². The largest absolute Gasteiger partial charge is 0.382 e. The molecule has 6 heteroatoms. The van der Waals surface area contributed by atoms with Crippen LogP contribution in [0.25, 0.3) is 0 Å². The fourth-order valence-corrected chi connectivity index (χ4v) is 1.90. The number of halogens is 1. The molecule has 2 rings (SSSR count). The lowest BCUT2D eigenvalue weighted by atomic mass is 10.1. The molecule has 2 N–H and O–H groups in total. The summed E-state index contributed by atoms with van der Waals surface area (Å²) >= 11 is 0. The van der Waals surface area contributed by atoms with E-state index in [1.54, 1.807) is 36.3 Å². The minimum atomic E-state index is -0.290. The Morgan fingerprint density at radius 3 is 2.60 bits per heavy atom. The summed E-state index contributed by atoms with van der Waals surface area (Å²) in [5, 5.41) is 3.97. The molecule has 0 aliphatic carbocycles. The predicted molar refractivity (Wildman–Crippen MR) is 74.2 cm³/mol. The highest BCUT2D eigenvalue weighted by Crippen LogP contribution is 2.19. The van der Waals surface area contributed by atoms with E-state index in [1.807, 2.05) is 6.92 Å². The fourth-order valence-electron chi connectivity index (χ4n) is 1.90. The van der Waals surface area contributed by atoms with Gasteiger partial charge in [-0.05, 0) is 30.7 Å². The summed E-state index contributed by atoms with van der Waals surface area (Å²) in [4.78, 5) is 13.8. The molecule has 0 radical (unpaired) electrons. The highest BCUT2D eigenvalue weighted by molar-refractivity contribution is 5.76. The Balaban J connectivity index is 2.04. The van der Waals surface area contributed by atoms with Crippen LogP contribution < -0.4 is 5.73 Å². The van der Waals surface area contributed by atoms with E-state index in [1.165, 1.54) is 16.8 Å². The van der Waals surface area contributed by atoms with E-state index < -0.39 is 0 Å². The van der Waals surface area contributed by atoms with Gasteiger partial charge in [0.25, 0.3) is 0 Å². The van der Waals surface area contributed by atoms with Crippen LogP contribution in [0.2, 0.25) is 0 Å². The molecular formula is C14H17FN4O. The molecule has 0 spiro atoms. The number of hydrogen-bond donors (Lipinski definition) is 1. The van der Waals surface area contributed by atoms with Gasteiger partial charge in [-0.15, -0.1) is 0 Å². The zero-order chi connectivity index (χ0) is 14.7. The Bertz CT molecular complexity index is 593. The number of nitrogens with two attached hydrogens (primary N) is 1. The van der Waals surface area contributed by atoms with Gasteiger partial charge >= 0.3 is 0 Å². The number of likely N-dealkylation sites (N-methyl/N-ethyl adjacent to an activating group) is 1. The first-order valence-corrected chi connectivity index (χ1v) is 6.27. The number of carbonyl (C=O) groups is 1. The number of nitrogen functional groups attached to an aromatic ring is 1. The van der Waals surface area contributed by atoms with Crippen LogP contribution in [0, 0.1) is 5.82 Å². The second-order valence-corrected chi connectivity index (χ2v) is 4.67. The van der Waals surface area contributed by atoms with Crippen molar-refractivity contribution >= 4 is 11.7 Å². The Labute approximate surface area is 116 Å². The average Bonchev–Trinajstić information content (AvgIpc) is 2.83. The smallest absolute Gasteiger partial charge is 0.244 e. The van der Waals surface area contributed by atoms with Gasteiger partial charge in [0.2, 0.25) is 5.91 Å². The maximum absolute atomic E-state index is 12.9. The number of nitrogens with zero attached hydrogens (tertiary/aromatic N) is 3. The van der Waals surface area contributed by atoms with E-state index >= 15 is 0 Å². The second kappa shape index (κ2) is 5.73. The van der Waals surface area contributed by atoms with Gasteiger partial charge < -0.3 is 10.6 Å². The van der Waals surface area contributed by atoms with Crippen LogP contribution in [0.3, 0.4) is 0 Å². The molecule has 0 aliphatic heterocycles. The molecular weight excluding hydrogens is 259 g/mol. The standard InChI is InChI=1S/C14H17FN4O/c1-10(11-3-5-12(15)6-4-11)18(2)14(20)9-19-8-7-13(16)17-19/h3-8,10H,9H2,1-2H3,(H2,16,17). The molecule has 0 fully saturated rings. The van der Waals surface area contributed by atoms with Crippen molar-refractivity contribution in [1.29, 1.82) is 0 Å². The monoisotopic (exact) mass is 276 g/mol. The molecule has 1 unspecified atom stereocenters. The third-order valence-electron chi connectivity index (χ3n) is 3.29. The number of rotatable bonds is 4. The van der Waals surface area contributed by atoms with Crippen LogP contribution in [0.15, 0.2) is 36.5 Å². The summed E-state index contributed by atoms with van der Waals surface area (Å²) in [5.41, 5.74) is 6.38. The first kappa shape index (κ1) is 14.0. The van der Waals surface area contributed by atoms with Crippen molar-refractivity contribution in [3.63, 3.8) is 0 Å². The van der Waals surface area contributed by atoms with Crippen LogP contribution in [0.5, 0.6) is 0 Å². The summed E-state index contributed by atoms with van der Waals surface area (Å²) in [6, 6.07) is 7.62. The maximum atomic E-state index is 12.9. The number of carbonyl (C=O) groups excluding carboxylic acids is 1. The van der Waals surface area contributed by atoms with Crippen LogP contribution >= 0.6 is 0 Å². The first-order chi connectivity index (χ1) is 9.47. The minimum absolute atomic E-state index is 0.0927. The molecule has 106 valence electrons. The highest BCUT2D eigenvalue weighted by atomic mass is 19.1. The molecule has 1 heterocycles. The zero-order valence-electron chi connectivity index (χ0n) is 11.5. The molecule has 1 aromatic heterocycles. The number of benzene rings is 1. The fraction of sp³-hybridized carbons (Fsp3) is 0.286. The molecule has 1 amide bonds. The van der Waals surface area contributed by atoms with Gasteiger partial charge in [0, 0.05) is 13.2 Å². The normalized spacial score (nSPS) is 12.2. The van der Waals surface area contributed by atoms with Crippen LogP contribution in [0.1, 0.15) is 18.5 Å². The molecule has 1 aromatic carbocycles. The van der Waals surface area contributed by atoms with Crippen molar-refractivity contribution in [2.75, 3.05) is 12.8 Å². The molecule has 5 nitrogen and oxygen atoms in total. The average molecular weight is 276 g/mol. The minimum Gasteiger partial charge on any atom is -0.382 e. The second-order valence-electron chi connectivity index (χ2n) is 4.67. The van der Waals surface area contributed by atoms with E-state index in [-0.39, 0.29) is 24.3 Å². The summed E-state index contributed by atoms with van der Waals surface area (Å²) in [6.45, 7) is 2.02. The Morgan fingerprint density at radius 1 is 1.40 bits per heavy atom. The van der Waals surface area contributed by atoms with E-state index in [0.717, 1.165) is 5.56 Å². The Morgan fingerprint density at radius 2 is 2.05 bits per heavy atom. The molecule has 20 heavy (non-hydrogen) atoms. The van der Waals surface area contributed by atoms with E-state index in [4.69, 9.17) is 5.73 Å². The molecule has 0 saturated carbocycles. The molecule has 0 bridgehead atoms. The van der Waals surface area contributed by atoms with Gasteiger partial charge in [-0.3, -0.25) is 9.48 Å². The number of anilines is 1. The van der Waals surface area contributed by atoms with Crippen molar-refractivity contribution in [2.45, 2.75) is 19.5 Å². The predicted octanol–water partition coefficient (Wildman–Crippen LogP) is 1.82. The number of aromatic nitrogens is 2. The molecule has 0 saturated heterocycles. The molecule has 2 aromatic rings. The van der Waals surface area contributed by atoms with Gasteiger partial charge in [-0.2, -0.15) is 5.10 Å². The zero-order valence-corrected chi connectivity index (χ0v) is 11.5. The van der Waals surface area contributed by atoms with Crippen LogP contribution in [0.4, 0.5) is 10.2 Å². The molecule has 1 atom stereocenters. The van der Waals surface area contributed by atoms with Crippen LogP contribution in [-0.4, -0.2) is 27.6 Å². The summed E-state index contributed by atoms with van der Waals surface area (Å²) in [6.07, 6.45) is 1.66. The SMILES string of the molecule is CC(c1ccc(F)cc1)N(C)C(=O)Cn1ccc(N)n1. The van der Waals surface area contributed by atoms with Crippen molar-refractivity contribution in [2.24, 2.45) is 0 Å². The van der Waals surface area contributed by atoms with Crippen molar-refractivity contribution in [3.8, 4) is 0 Å². The van der Waals surface area contributed by atoms with Crippen LogP contribution in [-0.2, 0) is 11.3 Å². The van der Waals surface area contributed by atoms with Crippen molar-refractivity contribution in [1.82, 2.24) is 14.7 Å². The van der Waals surface area contributed by atoms with Gasteiger partial charge in [-0.1, -0.05) is 12.1 Å². The first-order valence-electron chi connectivity index (χ1n) is 6.27. The maximum Gasteiger partial charge on any atom is 0.244 e. The van der Waals surface area contributed by atoms with Gasteiger partial charge in [0.1, 0.15) is 18.2 Å². The van der Waals surface area contributed by atoms with Gasteiger partial charge in [0.05, 0.1) is 6.04 Å². The lowest BCUT2D eigenvalue weighted by Crippen LogP contribution is -2.32.